The van der Waals surface area contributed by atoms with Gasteiger partial charge in [-0.1, -0.05) is 17.7 Å². The van der Waals surface area contributed by atoms with Crippen LogP contribution in [0.3, 0.4) is 0 Å². The summed E-state index contributed by atoms with van der Waals surface area (Å²) in [5.41, 5.74) is -0.226. The Balaban J connectivity index is 2.42. The van der Waals surface area contributed by atoms with Crippen molar-refractivity contribution >= 4 is 23.2 Å². The van der Waals surface area contributed by atoms with Crippen LogP contribution in [0, 0.1) is 10.1 Å². The highest BCUT2D eigenvalue weighted by atomic mass is 35.5. The summed E-state index contributed by atoms with van der Waals surface area (Å²) < 4.78 is 0. The Kier molecular flexibility index (Phi) is 3.28. The highest BCUT2D eigenvalue weighted by molar-refractivity contribution is 6.34. The SMILES string of the molecule is O=C(c1c(Cl)cccc1[N+](=O)[O-])N1CCCC1. The Morgan fingerprint density at radius 3 is 2.59 bits per heavy atom. The maximum atomic E-state index is 12.1. The van der Waals surface area contributed by atoms with Gasteiger partial charge in [0, 0.05) is 19.2 Å². The molecule has 5 nitrogen and oxygen atoms in total. The topological polar surface area (TPSA) is 63.4 Å². The van der Waals surface area contributed by atoms with E-state index in [1.165, 1.54) is 18.2 Å². The Bertz CT molecular complexity index is 470. The molecule has 1 aromatic rings. The van der Waals surface area contributed by atoms with Crippen LogP contribution in [0.25, 0.3) is 0 Å². The zero-order valence-electron chi connectivity index (χ0n) is 9.06. The Labute approximate surface area is 103 Å². The lowest BCUT2D eigenvalue weighted by atomic mass is 10.1. The van der Waals surface area contributed by atoms with Crippen LogP contribution in [-0.2, 0) is 0 Å². The van der Waals surface area contributed by atoms with Gasteiger partial charge in [-0.15, -0.1) is 0 Å². The van der Waals surface area contributed by atoms with Gasteiger partial charge in [-0.3, -0.25) is 14.9 Å². The molecule has 1 aliphatic heterocycles. The Morgan fingerprint density at radius 1 is 1.35 bits per heavy atom. The number of nitro groups is 1. The third kappa shape index (κ3) is 2.24. The maximum absolute atomic E-state index is 12.1. The lowest BCUT2D eigenvalue weighted by Crippen LogP contribution is -2.28. The normalized spacial score (nSPS) is 15.0. The number of carbonyl (C=O) groups excluding carboxylic acids is 1. The molecule has 1 heterocycles. The predicted molar refractivity (Wildman–Crippen MR) is 63.2 cm³/mol. The van der Waals surface area contributed by atoms with Crippen LogP contribution < -0.4 is 0 Å². The lowest BCUT2D eigenvalue weighted by molar-refractivity contribution is -0.385. The lowest BCUT2D eigenvalue weighted by Gasteiger charge is -2.15. The fraction of sp³-hybridized carbons (Fsp3) is 0.364. The molecule has 1 fully saturated rings. The minimum Gasteiger partial charge on any atom is -0.338 e. The standard InChI is InChI=1S/C11H11ClN2O3/c12-8-4-3-5-9(14(16)17)10(8)11(15)13-6-1-2-7-13/h3-5H,1-2,6-7H2. The largest absolute Gasteiger partial charge is 0.338 e. The summed E-state index contributed by atoms with van der Waals surface area (Å²) in [6.07, 6.45) is 1.87. The maximum Gasteiger partial charge on any atom is 0.283 e. The van der Waals surface area contributed by atoms with Crippen molar-refractivity contribution in [3.05, 3.63) is 38.9 Å². The van der Waals surface area contributed by atoms with Crippen LogP contribution in [0.4, 0.5) is 5.69 Å². The first-order chi connectivity index (χ1) is 8.11. The molecule has 1 aliphatic rings. The highest BCUT2D eigenvalue weighted by Crippen LogP contribution is 2.28. The van der Waals surface area contributed by atoms with E-state index in [9.17, 15) is 14.9 Å². The summed E-state index contributed by atoms with van der Waals surface area (Å²) in [6, 6.07) is 4.27. The van der Waals surface area contributed by atoms with Crippen molar-refractivity contribution in [2.45, 2.75) is 12.8 Å². The molecule has 0 radical (unpaired) electrons. The zero-order valence-corrected chi connectivity index (χ0v) is 9.81. The monoisotopic (exact) mass is 254 g/mol. The van der Waals surface area contributed by atoms with E-state index in [0.29, 0.717) is 13.1 Å². The van der Waals surface area contributed by atoms with Gasteiger partial charge in [-0.2, -0.15) is 0 Å². The minimum atomic E-state index is -0.574. The van der Waals surface area contributed by atoms with E-state index in [1.807, 2.05) is 0 Å². The number of rotatable bonds is 2. The van der Waals surface area contributed by atoms with Gasteiger partial charge in [0.15, 0.2) is 0 Å². The minimum absolute atomic E-state index is 0.000988. The van der Waals surface area contributed by atoms with Crippen LogP contribution in [0.2, 0.25) is 5.02 Å². The molecular weight excluding hydrogens is 244 g/mol. The van der Waals surface area contributed by atoms with Gasteiger partial charge in [0.05, 0.1) is 9.95 Å². The number of hydrogen-bond acceptors (Lipinski definition) is 3. The fourth-order valence-electron chi connectivity index (χ4n) is 1.95. The smallest absolute Gasteiger partial charge is 0.283 e. The van der Waals surface area contributed by atoms with Crippen LogP contribution in [0.1, 0.15) is 23.2 Å². The fourth-order valence-corrected chi connectivity index (χ4v) is 2.21. The number of hydrogen-bond donors (Lipinski definition) is 0. The van der Waals surface area contributed by atoms with E-state index >= 15 is 0 Å². The number of halogens is 1. The molecule has 17 heavy (non-hydrogen) atoms. The first-order valence-electron chi connectivity index (χ1n) is 5.33. The van der Waals surface area contributed by atoms with Gasteiger partial charge in [-0.05, 0) is 18.9 Å². The number of likely N-dealkylation sites (tertiary alicyclic amines) is 1. The molecular formula is C11H11ClN2O3. The second-order valence-electron chi connectivity index (χ2n) is 3.89. The van der Waals surface area contributed by atoms with Crippen molar-refractivity contribution in [2.75, 3.05) is 13.1 Å². The quantitative estimate of drug-likeness (QED) is 0.602. The first-order valence-corrected chi connectivity index (χ1v) is 5.71. The van der Waals surface area contributed by atoms with Crippen molar-refractivity contribution in [2.24, 2.45) is 0 Å². The summed E-state index contributed by atoms with van der Waals surface area (Å²) in [6.45, 7) is 1.28. The molecule has 1 aromatic carbocycles. The number of amides is 1. The number of carbonyl (C=O) groups is 1. The van der Waals surface area contributed by atoms with Gasteiger partial charge in [0.2, 0.25) is 0 Å². The Morgan fingerprint density at radius 2 is 2.00 bits per heavy atom. The molecule has 2 rings (SSSR count). The van der Waals surface area contributed by atoms with E-state index in [-0.39, 0.29) is 22.2 Å². The number of nitrogens with zero attached hydrogens (tertiary/aromatic N) is 2. The molecule has 6 heteroatoms. The first kappa shape index (κ1) is 11.9. The summed E-state index contributed by atoms with van der Waals surface area (Å²) >= 11 is 5.89. The number of benzene rings is 1. The summed E-state index contributed by atoms with van der Waals surface area (Å²) in [4.78, 5) is 24.0. The molecule has 1 amide bonds. The average Bonchev–Trinajstić information content (AvgIpc) is 2.81. The predicted octanol–water partition coefficient (Wildman–Crippen LogP) is 2.48. The van der Waals surface area contributed by atoms with E-state index in [4.69, 9.17) is 11.6 Å². The van der Waals surface area contributed by atoms with Gasteiger partial charge in [0.1, 0.15) is 5.56 Å². The summed E-state index contributed by atoms with van der Waals surface area (Å²) in [5, 5.41) is 11.0. The zero-order chi connectivity index (χ0) is 12.4. The summed E-state index contributed by atoms with van der Waals surface area (Å²) in [7, 11) is 0. The average molecular weight is 255 g/mol. The third-order valence-electron chi connectivity index (χ3n) is 2.80. The van der Waals surface area contributed by atoms with Crippen molar-refractivity contribution in [1.29, 1.82) is 0 Å². The van der Waals surface area contributed by atoms with Crippen molar-refractivity contribution in [1.82, 2.24) is 4.90 Å². The van der Waals surface area contributed by atoms with Crippen molar-refractivity contribution in [3.8, 4) is 0 Å². The molecule has 90 valence electrons. The second-order valence-corrected chi connectivity index (χ2v) is 4.30. The third-order valence-corrected chi connectivity index (χ3v) is 3.11. The van der Waals surface area contributed by atoms with E-state index in [1.54, 1.807) is 4.90 Å². The van der Waals surface area contributed by atoms with Gasteiger partial charge in [0.25, 0.3) is 11.6 Å². The van der Waals surface area contributed by atoms with Crippen LogP contribution in [-0.4, -0.2) is 28.8 Å². The van der Waals surface area contributed by atoms with Crippen LogP contribution in [0.15, 0.2) is 18.2 Å². The molecule has 0 saturated carbocycles. The molecule has 0 N–H and O–H groups in total. The van der Waals surface area contributed by atoms with Gasteiger partial charge < -0.3 is 4.90 Å². The molecule has 0 atom stereocenters. The molecule has 0 aliphatic carbocycles. The van der Waals surface area contributed by atoms with Gasteiger partial charge >= 0.3 is 0 Å². The van der Waals surface area contributed by atoms with E-state index in [0.717, 1.165) is 12.8 Å². The summed E-state index contributed by atoms with van der Waals surface area (Å²) in [5.74, 6) is -0.347. The van der Waals surface area contributed by atoms with Crippen molar-refractivity contribution in [3.63, 3.8) is 0 Å². The molecule has 0 aromatic heterocycles. The number of nitro benzene ring substituents is 1. The van der Waals surface area contributed by atoms with Gasteiger partial charge in [-0.25, -0.2) is 0 Å². The molecule has 0 unspecified atom stereocenters. The highest BCUT2D eigenvalue weighted by Gasteiger charge is 2.28. The molecule has 0 bridgehead atoms. The molecule has 0 spiro atoms. The second kappa shape index (κ2) is 4.71. The Hall–Kier alpha value is -1.62. The van der Waals surface area contributed by atoms with Crippen molar-refractivity contribution < 1.29 is 9.72 Å². The van der Waals surface area contributed by atoms with Crippen LogP contribution in [0.5, 0.6) is 0 Å². The van der Waals surface area contributed by atoms with E-state index < -0.39 is 4.92 Å². The van der Waals surface area contributed by atoms with Crippen LogP contribution >= 0.6 is 11.6 Å². The molecule has 1 saturated heterocycles. The van der Waals surface area contributed by atoms with E-state index in [2.05, 4.69) is 0 Å².